The fourth-order valence-corrected chi connectivity index (χ4v) is 3.85. The first-order chi connectivity index (χ1) is 10.8. The molecule has 1 amide bonds. The number of carbonyl (C=O) groups is 1. The van der Waals surface area contributed by atoms with Crippen molar-refractivity contribution < 1.29 is 9.21 Å². The number of amides is 1. The van der Waals surface area contributed by atoms with Crippen molar-refractivity contribution in [2.75, 3.05) is 0 Å². The van der Waals surface area contributed by atoms with E-state index in [2.05, 4.69) is 16.8 Å². The number of nitrogens with zero attached hydrogens (tertiary/aromatic N) is 2. The third-order valence-electron chi connectivity index (χ3n) is 5.63. The van der Waals surface area contributed by atoms with E-state index in [-0.39, 0.29) is 5.91 Å². The smallest absolute Gasteiger partial charge is 0.276 e. The summed E-state index contributed by atoms with van der Waals surface area (Å²) in [6.07, 6.45) is 12.3. The van der Waals surface area contributed by atoms with Crippen LogP contribution < -0.4 is 0 Å². The van der Waals surface area contributed by atoms with Crippen molar-refractivity contribution in [3.05, 3.63) is 17.8 Å². The number of oxazole rings is 1. The Morgan fingerprint density at radius 2 is 1.77 bits per heavy atom. The van der Waals surface area contributed by atoms with Gasteiger partial charge < -0.3 is 9.32 Å². The third-order valence-corrected chi connectivity index (χ3v) is 5.63. The highest BCUT2D eigenvalue weighted by molar-refractivity contribution is 5.92. The average Bonchev–Trinajstić information content (AvgIpc) is 3.48. The molecule has 1 heterocycles. The summed E-state index contributed by atoms with van der Waals surface area (Å²) in [5, 5.41) is 0. The molecule has 0 bridgehead atoms. The molecule has 3 aliphatic carbocycles. The topological polar surface area (TPSA) is 46.3 Å². The lowest BCUT2D eigenvalue weighted by molar-refractivity contribution is 0.0581. The molecule has 3 aliphatic rings. The molecule has 1 aromatic rings. The lowest BCUT2D eigenvalue weighted by atomic mass is 9.84. The van der Waals surface area contributed by atoms with Crippen LogP contribution in [0.2, 0.25) is 0 Å². The summed E-state index contributed by atoms with van der Waals surface area (Å²) in [4.78, 5) is 19.6. The molecule has 0 spiro atoms. The summed E-state index contributed by atoms with van der Waals surface area (Å²) < 4.78 is 5.52. The molecule has 1 aromatic heterocycles. The van der Waals surface area contributed by atoms with Gasteiger partial charge in [-0.1, -0.05) is 13.3 Å². The largest absolute Gasteiger partial charge is 0.448 e. The van der Waals surface area contributed by atoms with Crippen LogP contribution in [0.4, 0.5) is 0 Å². The summed E-state index contributed by atoms with van der Waals surface area (Å²) in [5.41, 5.74) is 0.534. The molecule has 0 N–H and O–H groups in total. The molecular weight excluding hydrogens is 276 g/mol. The van der Waals surface area contributed by atoms with Crippen LogP contribution in [-0.2, 0) is 0 Å². The Hall–Kier alpha value is -1.32. The van der Waals surface area contributed by atoms with Crippen molar-refractivity contribution in [3.63, 3.8) is 0 Å². The van der Waals surface area contributed by atoms with Gasteiger partial charge in [-0.2, -0.15) is 0 Å². The Labute approximate surface area is 132 Å². The molecule has 22 heavy (non-hydrogen) atoms. The van der Waals surface area contributed by atoms with E-state index in [1.807, 2.05) is 0 Å². The summed E-state index contributed by atoms with van der Waals surface area (Å²) in [7, 11) is 0. The minimum absolute atomic E-state index is 0.109. The van der Waals surface area contributed by atoms with E-state index in [0.29, 0.717) is 23.7 Å². The van der Waals surface area contributed by atoms with E-state index in [0.717, 1.165) is 50.3 Å². The van der Waals surface area contributed by atoms with Gasteiger partial charge in [0.15, 0.2) is 11.6 Å². The minimum Gasteiger partial charge on any atom is -0.448 e. The molecular formula is C18H26N2O2. The summed E-state index contributed by atoms with van der Waals surface area (Å²) in [5.74, 6) is 2.21. The summed E-state index contributed by atoms with van der Waals surface area (Å²) in [6.45, 7) is 2.28. The molecule has 120 valence electrons. The molecule has 0 atom stereocenters. The Morgan fingerprint density at radius 3 is 2.32 bits per heavy atom. The Kier molecular flexibility index (Phi) is 3.71. The average molecular weight is 302 g/mol. The molecule has 0 unspecified atom stereocenters. The van der Waals surface area contributed by atoms with E-state index in [1.54, 1.807) is 6.26 Å². The zero-order valence-electron chi connectivity index (χ0n) is 13.5. The van der Waals surface area contributed by atoms with Crippen LogP contribution in [0.15, 0.2) is 10.7 Å². The fourth-order valence-electron chi connectivity index (χ4n) is 3.85. The number of hydrogen-bond acceptors (Lipinski definition) is 3. The Bertz CT molecular complexity index is 537. The van der Waals surface area contributed by atoms with E-state index in [9.17, 15) is 4.79 Å². The summed E-state index contributed by atoms with van der Waals surface area (Å²) in [6, 6.07) is 0.876. The van der Waals surface area contributed by atoms with E-state index in [1.165, 1.54) is 19.3 Å². The van der Waals surface area contributed by atoms with Crippen molar-refractivity contribution in [1.29, 1.82) is 0 Å². The van der Waals surface area contributed by atoms with Gasteiger partial charge >= 0.3 is 0 Å². The second kappa shape index (κ2) is 5.71. The highest BCUT2D eigenvalue weighted by Crippen LogP contribution is 2.40. The lowest BCUT2D eigenvalue weighted by Crippen LogP contribution is -2.44. The standard InChI is InChI=1S/C18H26N2O2/c1-2-12-3-7-14(8-4-12)20(15-9-10-15)18(21)16-11-22-17(19-16)13-5-6-13/h11-15H,2-10H2,1H3. The van der Waals surface area contributed by atoms with Crippen LogP contribution in [0, 0.1) is 5.92 Å². The van der Waals surface area contributed by atoms with Gasteiger partial charge in [0.25, 0.3) is 5.91 Å². The van der Waals surface area contributed by atoms with E-state index >= 15 is 0 Å². The first-order valence-corrected chi connectivity index (χ1v) is 9.04. The van der Waals surface area contributed by atoms with Gasteiger partial charge in [0.1, 0.15) is 6.26 Å². The minimum atomic E-state index is 0.109. The number of aromatic nitrogens is 1. The van der Waals surface area contributed by atoms with E-state index < -0.39 is 0 Å². The molecule has 0 saturated heterocycles. The highest BCUT2D eigenvalue weighted by Gasteiger charge is 2.40. The van der Waals surface area contributed by atoms with Gasteiger partial charge in [0.2, 0.25) is 0 Å². The van der Waals surface area contributed by atoms with Crippen LogP contribution in [0.1, 0.15) is 87.0 Å². The molecule has 4 rings (SSSR count). The first-order valence-electron chi connectivity index (χ1n) is 9.04. The first kappa shape index (κ1) is 14.3. The predicted molar refractivity (Wildman–Crippen MR) is 83.7 cm³/mol. The quantitative estimate of drug-likeness (QED) is 0.821. The molecule has 0 aromatic carbocycles. The van der Waals surface area contributed by atoms with Crippen molar-refractivity contribution in [3.8, 4) is 0 Å². The van der Waals surface area contributed by atoms with Gasteiger partial charge in [0, 0.05) is 18.0 Å². The molecule has 3 fully saturated rings. The fraction of sp³-hybridized carbons (Fsp3) is 0.778. The molecule has 4 nitrogen and oxygen atoms in total. The number of carbonyl (C=O) groups excluding carboxylic acids is 1. The van der Waals surface area contributed by atoms with Crippen molar-refractivity contribution in [2.24, 2.45) is 5.92 Å². The van der Waals surface area contributed by atoms with Gasteiger partial charge in [-0.3, -0.25) is 4.79 Å². The number of rotatable bonds is 5. The second-order valence-corrected chi connectivity index (χ2v) is 7.37. The van der Waals surface area contributed by atoms with Crippen molar-refractivity contribution in [1.82, 2.24) is 9.88 Å². The van der Waals surface area contributed by atoms with Crippen LogP contribution in [-0.4, -0.2) is 27.9 Å². The van der Waals surface area contributed by atoms with Gasteiger partial charge in [-0.25, -0.2) is 4.98 Å². The SMILES string of the molecule is CCC1CCC(N(C(=O)c2coc(C3CC3)n2)C2CC2)CC1. The van der Waals surface area contributed by atoms with Crippen LogP contribution in [0.3, 0.4) is 0 Å². The second-order valence-electron chi connectivity index (χ2n) is 7.37. The van der Waals surface area contributed by atoms with Crippen molar-refractivity contribution >= 4 is 5.91 Å². The van der Waals surface area contributed by atoms with Crippen LogP contribution in [0.5, 0.6) is 0 Å². The molecule has 0 aliphatic heterocycles. The van der Waals surface area contributed by atoms with Gasteiger partial charge in [-0.15, -0.1) is 0 Å². The Balaban J connectivity index is 1.47. The molecule has 3 saturated carbocycles. The monoisotopic (exact) mass is 302 g/mol. The maximum absolute atomic E-state index is 12.9. The van der Waals surface area contributed by atoms with Gasteiger partial charge in [0.05, 0.1) is 0 Å². The molecule has 0 radical (unpaired) electrons. The zero-order chi connectivity index (χ0) is 15.1. The van der Waals surface area contributed by atoms with Gasteiger partial charge in [-0.05, 0) is 57.3 Å². The van der Waals surface area contributed by atoms with Crippen LogP contribution in [0.25, 0.3) is 0 Å². The third kappa shape index (κ3) is 2.80. The maximum atomic E-state index is 12.9. The predicted octanol–water partition coefficient (Wildman–Crippen LogP) is 4.13. The normalized spacial score (nSPS) is 28.6. The van der Waals surface area contributed by atoms with E-state index in [4.69, 9.17) is 4.42 Å². The van der Waals surface area contributed by atoms with Crippen molar-refractivity contribution in [2.45, 2.75) is 82.7 Å². The lowest BCUT2D eigenvalue weighted by Gasteiger charge is -2.36. The highest BCUT2D eigenvalue weighted by atomic mass is 16.3. The number of hydrogen-bond donors (Lipinski definition) is 0. The zero-order valence-corrected chi connectivity index (χ0v) is 13.5. The van der Waals surface area contributed by atoms with Crippen LogP contribution >= 0.6 is 0 Å². The Morgan fingerprint density at radius 1 is 1.14 bits per heavy atom. The molecule has 4 heteroatoms. The summed E-state index contributed by atoms with van der Waals surface area (Å²) >= 11 is 0. The maximum Gasteiger partial charge on any atom is 0.276 e.